The van der Waals surface area contributed by atoms with Gasteiger partial charge < -0.3 is 15.8 Å². The van der Waals surface area contributed by atoms with Gasteiger partial charge in [-0.05, 0) is 30.3 Å². The van der Waals surface area contributed by atoms with Crippen molar-refractivity contribution in [2.75, 3.05) is 18.2 Å². The number of anilines is 3. The zero-order valence-corrected chi connectivity index (χ0v) is 8.97. The average molecular weight is 215 g/mol. The van der Waals surface area contributed by atoms with Gasteiger partial charge in [-0.1, -0.05) is 6.07 Å². The van der Waals surface area contributed by atoms with Crippen LogP contribution in [0.15, 0.2) is 42.6 Å². The van der Waals surface area contributed by atoms with Crippen LogP contribution in [0.25, 0.3) is 0 Å². The van der Waals surface area contributed by atoms with Crippen molar-refractivity contribution >= 4 is 17.2 Å². The number of hydrogen-bond acceptors (Lipinski definition) is 4. The molecular formula is C12H13N3O. The lowest BCUT2D eigenvalue weighted by molar-refractivity contribution is 0.417. The molecule has 1 heterocycles. The van der Waals surface area contributed by atoms with E-state index in [0.717, 1.165) is 11.5 Å². The SMILES string of the molecule is COc1ccc(Nc2ccccn2)cc1N. The number of methoxy groups -OCH3 is 1. The van der Waals surface area contributed by atoms with E-state index in [2.05, 4.69) is 10.3 Å². The summed E-state index contributed by atoms with van der Waals surface area (Å²) in [6.07, 6.45) is 1.73. The molecule has 0 aliphatic heterocycles. The minimum atomic E-state index is 0.600. The smallest absolute Gasteiger partial charge is 0.141 e. The van der Waals surface area contributed by atoms with Gasteiger partial charge in [0.25, 0.3) is 0 Å². The normalized spacial score (nSPS) is 9.81. The van der Waals surface area contributed by atoms with Crippen molar-refractivity contribution < 1.29 is 4.74 Å². The molecule has 0 saturated heterocycles. The molecule has 0 saturated carbocycles. The number of ether oxygens (including phenoxy) is 1. The fraction of sp³-hybridized carbons (Fsp3) is 0.0833. The molecule has 2 rings (SSSR count). The second kappa shape index (κ2) is 4.53. The maximum atomic E-state index is 5.80. The van der Waals surface area contributed by atoms with Crippen LogP contribution in [0.3, 0.4) is 0 Å². The van der Waals surface area contributed by atoms with E-state index in [-0.39, 0.29) is 0 Å². The van der Waals surface area contributed by atoms with E-state index in [4.69, 9.17) is 10.5 Å². The monoisotopic (exact) mass is 215 g/mol. The Balaban J connectivity index is 2.20. The van der Waals surface area contributed by atoms with Crippen LogP contribution in [0, 0.1) is 0 Å². The van der Waals surface area contributed by atoms with Crippen molar-refractivity contribution in [3.05, 3.63) is 42.6 Å². The Morgan fingerprint density at radius 3 is 2.75 bits per heavy atom. The zero-order valence-electron chi connectivity index (χ0n) is 8.97. The van der Waals surface area contributed by atoms with Crippen LogP contribution in [0.1, 0.15) is 0 Å². The third-order valence-corrected chi connectivity index (χ3v) is 2.17. The van der Waals surface area contributed by atoms with Crippen LogP contribution in [-0.2, 0) is 0 Å². The summed E-state index contributed by atoms with van der Waals surface area (Å²) in [5.41, 5.74) is 7.29. The molecule has 0 radical (unpaired) electrons. The highest BCUT2D eigenvalue weighted by Gasteiger charge is 2.00. The van der Waals surface area contributed by atoms with E-state index in [1.54, 1.807) is 13.3 Å². The van der Waals surface area contributed by atoms with E-state index >= 15 is 0 Å². The molecule has 0 amide bonds. The minimum Gasteiger partial charge on any atom is -0.495 e. The van der Waals surface area contributed by atoms with Crippen LogP contribution in [-0.4, -0.2) is 12.1 Å². The number of benzene rings is 1. The number of rotatable bonds is 3. The van der Waals surface area contributed by atoms with Crippen molar-refractivity contribution in [3.63, 3.8) is 0 Å². The molecule has 1 aromatic heterocycles. The highest BCUT2D eigenvalue weighted by molar-refractivity contribution is 5.66. The number of nitrogens with one attached hydrogen (secondary N) is 1. The summed E-state index contributed by atoms with van der Waals surface area (Å²) in [5, 5.41) is 3.15. The number of hydrogen-bond donors (Lipinski definition) is 2. The summed E-state index contributed by atoms with van der Waals surface area (Å²) in [4.78, 5) is 4.16. The summed E-state index contributed by atoms with van der Waals surface area (Å²) in [6, 6.07) is 11.2. The molecule has 0 aliphatic rings. The van der Waals surface area contributed by atoms with Gasteiger partial charge in [0.1, 0.15) is 11.6 Å². The lowest BCUT2D eigenvalue weighted by Crippen LogP contribution is -1.96. The van der Waals surface area contributed by atoms with Gasteiger partial charge in [0.15, 0.2) is 0 Å². The summed E-state index contributed by atoms with van der Waals surface area (Å²) < 4.78 is 5.08. The Kier molecular flexibility index (Phi) is 2.91. The third-order valence-electron chi connectivity index (χ3n) is 2.17. The molecule has 0 unspecified atom stereocenters. The first-order valence-electron chi connectivity index (χ1n) is 4.91. The first-order valence-corrected chi connectivity index (χ1v) is 4.91. The van der Waals surface area contributed by atoms with E-state index in [1.165, 1.54) is 0 Å². The first-order chi connectivity index (χ1) is 7.79. The Morgan fingerprint density at radius 2 is 2.12 bits per heavy atom. The van der Waals surface area contributed by atoms with Gasteiger partial charge in [0.2, 0.25) is 0 Å². The van der Waals surface area contributed by atoms with Gasteiger partial charge in [-0.15, -0.1) is 0 Å². The number of nitrogens with two attached hydrogens (primary N) is 1. The molecule has 0 aliphatic carbocycles. The highest BCUT2D eigenvalue weighted by Crippen LogP contribution is 2.25. The number of nitrogens with zero attached hydrogens (tertiary/aromatic N) is 1. The molecule has 0 spiro atoms. The summed E-state index contributed by atoms with van der Waals surface area (Å²) >= 11 is 0. The standard InChI is InChI=1S/C12H13N3O/c1-16-11-6-5-9(8-10(11)13)15-12-4-2-3-7-14-12/h2-8H,13H2,1H3,(H,14,15). The molecule has 4 heteroatoms. The van der Waals surface area contributed by atoms with Crippen molar-refractivity contribution in [3.8, 4) is 5.75 Å². The van der Waals surface area contributed by atoms with Crippen LogP contribution < -0.4 is 15.8 Å². The quantitative estimate of drug-likeness (QED) is 0.772. The minimum absolute atomic E-state index is 0.600. The molecule has 82 valence electrons. The highest BCUT2D eigenvalue weighted by atomic mass is 16.5. The first kappa shape index (κ1) is 10.3. The Hall–Kier alpha value is -2.23. The molecule has 4 nitrogen and oxygen atoms in total. The van der Waals surface area contributed by atoms with Crippen LogP contribution >= 0.6 is 0 Å². The summed E-state index contributed by atoms with van der Waals surface area (Å²) in [7, 11) is 1.59. The maximum absolute atomic E-state index is 5.80. The number of pyridine rings is 1. The topological polar surface area (TPSA) is 60.2 Å². The lowest BCUT2D eigenvalue weighted by Gasteiger charge is -2.08. The van der Waals surface area contributed by atoms with Gasteiger partial charge in [0.05, 0.1) is 12.8 Å². The molecule has 2 aromatic rings. The third kappa shape index (κ3) is 2.23. The Labute approximate surface area is 94.1 Å². The molecule has 3 N–H and O–H groups in total. The van der Waals surface area contributed by atoms with E-state index in [9.17, 15) is 0 Å². The second-order valence-electron chi connectivity index (χ2n) is 3.30. The van der Waals surface area contributed by atoms with E-state index in [0.29, 0.717) is 11.4 Å². The van der Waals surface area contributed by atoms with Crippen LogP contribution in [0.2, 0.25) is 0 Å². The van der Waals surface area contributed by atoms with Gasteiger partial charge in [-0.2, -0.15) is 0 Å². The lowest BCUT2D eigenvalue weighted by atomic mass is 10.2. The molecule has 1 aromatic carbocycles. The largest absolute Gasteiger partial charge is 0.495 e. The zero-order chi connectivity index (χ0) is 11.4. The molecule has 16 heavy (non-hydrogen) atoms. The average Bonchev–Trinajstić information content (AvgIpc) is 2.31. The molecule has 0 bridgehead atoms. The molecule has 0 fully saturated rings. The van der Waals surface area contributed by atoms with Crippen molar-refractivity contribution in [2.24, 2.45) is 0 Å². The number of aromatic nitrogens is 1. The Bertz CT molecular complexity index is 471. The van der Waals surface area contributed by atoms with Gasteiger partial charge in [0, 0.05) is 11.9 Å². The van der Waals surface area contributed by atoms with E-state index in [1.807, 2.05) is 36.4 Å². The summed E-state index contributed by atoms with van der Waals surface area (Å²) in [5.74, 6) is 1.46. The predicted molar refractivity (Wildman–Crippen MR) is 64.9 cm³/mol. The number of nitrogen functional groups attached to an aromatic ring is 1. The van der Waals surface area contributed by atoms with Gasteiger partial charge >= 0.3 is 0 Å². The van der Waals surface area contributed by atoms with E-state index < -0.39 is 0 Å². The second-order valence-corrected chi connectivity index (χ2v) is 3.30. The molecule has 0 atom stereocenters. The van der Waals surface area contributed by atoms with Crippen molar-refractivity contribution in [1.29, 1.82) is 0 Å². The predicted octanol–water partition coefficient (Wildman–Crippen LogP) is 2.42. The van der Waals surface area contributed by atoms with Gasteiger partial charge in [-0.25, -0.2) is 4.98 Å². The van der Waals surface area contributed by atoms with Crippen LogP contribution in [0.4, 0.5) is 17.2 Å². The Morgan fingerprint density at radius 1 is 1.25 bits per heavy atom. The van der Waals surface area contributed by atoms with Crippen LogP contribution in [0.5, 0.6) is 5.75 Å². The fourth-order valence-electron chi connectivity index (χ4n) is 1.40. The maximum Gasteiger partial charge on any atom is 0.141 e. The molecular weight excluding hydrogens is 202 g/mol. The fourth-order valence-corrected chi connectivity index (χ4v) is 1.40. The van der Waals surface area contributed by atoms with Crippen molar-refractivity contribution in [1.82, 2.24) is 4.98 Å². The van der Waals surface area contributed by atoms with Gasteiger partial charge in [-0.3, -0.25) is 0 Å². The van der Waals surface area contributed by atoms with Crippen molar-refractivity contribution in [2.45, 2.75) is 0 Å². The summed E-state index contributed by atoms with van der Waals surface area (Å²) in [6.45, 7) is 0.